The SMILES string of the molecule is CCCCCCCCCCCCC(O)C(O)CC[C@H](O)[C@@H]1CC[C@@H](C[C@H](O)CCCCC[C@@H](O)CC2=C[C@H](C)OC2=O)O1. The van der Waals surface area contributed by atoms with Gasteiger partial charge in [0.2, 0.25) is 0 Å². The van der Waals surface area contributed by atoms with Gasteiger partial charge in [0, 0.05) is 12.0 Å². The zero-order chi connectivity index (χ0) is 31.5. The molecule has 5 N–H and O–H groups in total. The summed E-state index contributed by atoms with van der Waals surface area (Å²) >= 11 is 0. The van der Waals surface area contributed by atoms with Crippen molar-refractivity contribution < 1.29 is 39.8 Å². The first-order valence-corrected chi connectivity index (χ1v) is 17.7. The monoisotopic (exact) mass is 612 g/mol. The van der Waals surface area contributed by atoms with Crippen molar-refractivity contribution in [3.8, 4) is 0 Å². The Kier molecular flexibility index (Phi) is 19.9. The molecular weight excluding hydrogens is 548 g/mol. The van der Waals surface area contributed by atoms with Crippen LogP contribution in [0.2, 0.25) is 0 Å². The number of cyclic esters (lactones) is 1. The van der Waals surface area contributed by atoms with Crippen LogP contribution in [0.3, 0.4) is 0 Å². The van der Waals surface area contributed by atoms with Gasteiger partial charge in [0.1, 0.15) is 6.10 Å². The molecular formula is C35H64O8. The highest BCUT2D eigenvalue weighted by Crippen LogP contribution is 2.28. The second-order valence-corrected chi connectivity index (χ2v) is 13.3. The van der Waals surface area contributed by atoms with E-state index in [-0.39, 0.29) is 24.3 Å². The highest BCUT2D eigenvalue weighted by Gasteiger charge is 2.32. The summed E-state index contributed by atoms with van der Waals surface area (Å²) in [5, 5.41) is 52.1. The molecule has 0 aromatic carbocycles. The maximum atomic E-state index is 11.7. The molecule has 0 bridgehead atoms. The van der Waals surface area contributed by atoms with E-state index in [1.807, 2.05) is 0 Å². The Balaban J connectivity index is 1.46. The number of unbranched alkanes of at least 4 members (excludes halogenated alkanes) is 11. The average molecular weight is 613 g/mol. The van der Waals surface area contributed by atoms with Crippen LogP contribution in [0.25, 0.3) is 0 Å². The third-order valence-corrected chi connectivity index (χ3v) is 9.18. The number of hydrogen-bond acceptors (Lipinski definition) is 8. The first-order chi connectivity index (χ1) is 20.7. The van der Waals surface area contributed by atoms with E-state index in [2.05, 4.69) is 6.92 Å². The topological polar surface area (TPSA) is 137 Å². The van der Waals surface area contributed by atoms with Crippen molar-refractivity contribution >= 4 is 5.97 Å². The lowest BCUT2D eigenvalue weighted by Gasteiger charge is -2.23. The number of aliphatic hydroxyl groups excluding tert-OH is 5. The summed E-state index contributed by atoms with van der Waals surface area (Å²) in [6, 6.07) is 0. The maximum Gasteiger partial charge on any atom is 0.334 e. The smallest absolute Gasteiger partial charge is 0.334 e. The van der Waals surface area contributed by atoms with Gasteiger partial charge in [-0.2, -0.15) is 0 Å². The molecule has 2 heterocycles. The Labute approximate surface area is 261 Å². The van der Waals surface area contributed by atoms with Crippen LogP contribution in [0.5, 0.6) is 0 Å². The molecule has 0 aromatic rings. The molecule has 1 saturated heterocycles. The third kappa shape index (κ3) is 16.7. The van der Waals surface area contributed by atoms with Gasteiger partial charge < -0.3 is 35.0 Å². The molecule has 0 radical (unpaired) electrons. The van der Waals surface area contributed by atoms with Crippen molar-refractivity contribution in [2.45, 2.75) is 204 Å². The molecule has 8 nitrogen and oxygen atoms in total. The summed E-state index contributed by atoms with van der Waals surface area (Å²) in [7, 11) is 0. The molecule has 8 atom stereocenters. The molecule has 8 heteroatoms. The molecule has 2 unspecified atom stereocenters. The molecule has 252 valence electrons. The Morgan fingerprint density at radius 1 is 0.721 bits per heavy atom. The number of esters is 1. The van der Waals surface area contributed by atoms with Crippen LogP contribution >= 0.6 is 0 Å². The van der Waals surface area contributed by atoms with Crippen molar-refractivity contribution in [1.82, 2.24) is 0 Å². The largest absolute Gasteiger partial charge is 0.455 e. The number of aliphatic hydroxyl groups is 5. The lowest BCUT2D eigenvalue weighted by Crippen LogP contribution is -2.31. The third-order valence-electron chi connectivity index (χ3n) is 9.18. The summed E-state index contributed by atoms with van der Waals surface area (Å²) in [5.41, 5.74) is 0.559. The van der Waals surface area contributed by atoms with E-state index in [0.29, 0.717) is 50.5 Å². The van der Waals surface area contributed by atoms with Gasteiger partial charge in [0.15, 0.2) is 0 Å². The minimum Gasteiger partial charge on any atom is -0.455 e. The van der Waals surface area contributed by atoms with Crippen LogP contribution in [0.15, 0.2) is 11.6 Å². The van der Waals surface area contributed by atoms with Crippen molar-refractivity contribution in [2.75, 3.05) is 0 Å². The Hall–Kier alpha value is -1.03. The minimum atomic E-state index is -0.826. The first-order valence-electron chi connectivity index (χ1n) is 17.7. The van der Waals surface area contributed by atoms with Gasteiger partial charge >= 0.3 is 5.97 Å². The second-order valence-electron chi connectivity index (χ2n) is 13.3. The van der Waals surface area contributed by atoms with Crippen LogP contribution in [-0.2, 0) is 14.3 Å². The van der Waals surface area contributed by atoms with Crippen LogP contribution in [0.4, 0.5) is 0 Å². The number of hydrogen-bond donors (Lipinski definition) is 5. The highest BCUT2D eigenvalue weighted by molar-refractivity contribution is 5.90. The molecule has 0 spiro atoms. The van der Waals surface area contributed by atoms with Crippen molar-refractivity contribution in [2.24, 2.45) is 0 Å². The van der Waals surface area contributed by atoms with Gasteiger partial charge in [-0.1, -0.05) is 90.4 Å². The minimum absolute atomic E-state index is 0.0786. The lowest BCUT2D eigenvalue weighted by atomic mass is 9.97. The molecule has 2 rings (SSSR count). The molecule has 2 aliphatic heterocycles. The van der Waals surface area contributed by atoms with Crippen molar-refractivity contribution in [3.05, 3.63) is 11.6 Å². The standard InChI is InChI=1S/C35H64O8/c1-3-4-5-6-7-8-9-10-11-15-18-31(38)32(39)20-21-33(40)34-22-19-30(43-34)25-29(37)17-14-12-13-16-28(36)24-27-23-26(2)42-35(27)41/h23,26,28-34,36-40H,3-22,24-25H2,1-2H3/t26-,28+,29+,30-,31?,32?,33-,34-/m0/s1. The number of ether oxygens (including phenoxy) is 2. The highest BCUT2D eigenvalue weighted by atomic mass is 16.5. The Morgan fingerprint density at radius 3 is 1.91 bits per heavy atom. The van der Waals surface area contributed by atoms with Crippen LogP contribution in [-0.4, -0.2) is 80.3 Å². The summed E-state index contributed by atoms with van der Waals surface area (Å²) < 4.78 is 11.1. The molecule has 2 aliphatic rings. The van der Waals surface area contributed by atoms with Gasteiger partial charge in [0.05, 0.1) is 42.7 Å². The number of carbonyl (C=O) groups excluding carboxylic acids is 1. The first kappa shape index (κ1) is 38.2. The van der Waals surface area contributed by atoms with Gasteiger partial charge in [0.25, 0.3) is 0 Å². The molecule has 0 aromatic heterocycles. The molecule has 0 amide bonds. The lowest BCUT2D eigenvalue weighted by molar-refractivity contribution is -0.139. The quantitative estimate of drug-likeness (QED) is 0.0590. The Morgan fingerprint density at radius 2 is 1.28 bits per heavy atom. The van der Waals surface area contributed by atoms with E-state index < -0.39 is 30.5 Å². The summed E-state index contributed by atoms with van der Waals surface area (Å²) in [5.74, 6) is -0.329. The van der Waals surface area contributed by atoms with Crippen LogP contribution in [0.1, 0.15) is 155 Å². The Bertz CT molecular complexity index is 758. The van der Waals surface area contributed by atoms with E-state index in [4.69, 9.17) is 9.47 Å². The normalized spacial score (nSPS) is 24.0. The molecule has 0 saturated carbocycles. The molecule has 43 heavy (non-hydrogen) atoms. The van der Waals surface area contributed by atoms with E-state index in [1.165, 1.54) is 51.4 Å². The van der Waals surface area contributed by atoms with Gasteiger partial charge in [-0.05, 0) is 64.4 Å². The van der Waals surface area contributed by atoms with Crippen LogP contribution < -0.4 is 0 Å². The zero-order valence-electron chi connectivity index (χ0n) is 27.2. The fourth-order valence-corrected chi connectivity index (χ4v) is 6.44. The van der Waals surface area contributed by atoms with E-state index in [9.17, 15) is 30.3 Å². The van der Waals surface area contributed by atoms with Gasteiger partial charge in [-0.3, -0.25) is 0 Å². The molecule has 0 aliphatic carbocycles. The van der Waals surface area contributed by atoms with Gasteiger partial charge in [-0.15, -0.1) is 0 Å². The summed E-state index contributed by atoms with van der Waals surface area (Å²) in [6.07, 6.45) is 17.9. The van der Waals surface area contributed by atoms with Crippen molar-refractivity contribution in [1.29, 1.82) is 0 Å². The summed E-state index contributed by atoms with van der Waals surface area (Å²) in [6.45, 7) is 4.04. The van der Waals surface area contributed by atoms with Gasteiger partial charge in [-0.25, -0.2) is 4.79 Å². The zero-order valence-corrected chi connectivity index (χ0v) is 27.2. The maximum absolute atomic E-state index is 11.7. The van der Waals surface area contributed by atoms with Crippen molar-refractivity contribution in [3.63, 3.8) is 0 Å². The van der Waals surface area contributed by atoms with E-state index in [0.717, 1.165) is 44.9 Å². The van der Waals surface area contributed by atoms with Crippen LogP contribution in [0, 0.1) is 0 Å². The second kappa shape index (κ2) is 22.5. The predicted molar refractivity (Wildman–Crippen MR) is 170 cm³/mol. The fourth-order valence-electron chi connectivity index (χ4n) is 6.44. The average Bonchev–Trinajstić information content (AvgIpc) is 3.56. The predicted octanol–water partition coefficient (Wildman–Crippen LogP) is 6.03. The fraction of sp³-hybridized carbons (Fsp3) is 0.914. The van der Waals surface area contributed by atoms with E-state index >= 15 is 0 Å². The molecule has 1 fully saturated rings. The number of carbonyl (C=O) groups is 1. The summed E-state index contributed by atoms with van der Waals surface area (Å²) in [4.78, 5) is 11.7. The van der Waals surface area contributed by atoms with E-state index in [1.54, 1.807) is 13.0 Å². The number of rotatable bonds is 26.